The Bertz CT molecular complexity index is 1240. The number of phenols is 1. The predicted molar refractivity (Wildman–Crippen MR) is 167 cm³/mol. The van der Waals surface area contributed by atoms with E-state index in [0.717, 1.165) is 63.5 Å². The molecule has 1 amide bonds. The van der Waals surface area contributed by atoms with Gasteiger partial charge in [-0.3, -0.25) is 4.79 Å². The Morgan fingerprint density at radius 3 is 2.32 bits per heavy atom. The van der Waals surface area contributed by atoms with Crippen LogP contribution in [0.1, 0.15) is 87.1 Å². The third-order valence-corrected chi connectivity index (χ3v) is 8.64. The van der Waals surface area contributed by atoms with Crippen LogP contribution >= 0.6 is 0 Å². The summed E-state index contributed by atoms with van der Waals surface area (Å²) in [6.07, 6.45) is 8.57. The minimum atomic E-state index is -1.11. The van der Waals surface area contributed by atoms with E-state index in [0.29, 0.717) is 25.3 Å². The zero-order valence-electron chi connectivity index (χ0n) is 26.2. The lowest BCUT2D eigenvalue weighted by Gasteiger charge is -2.41. The van der Waals surface area contributed by atoms with Crippen LogP contribution in [0.25, 0.3) is 0 Å². The van der Waals surface area contributed by atoms with Gasteiger partial charge in [0.25, 0.3) is 0 Å². The molecule has 10 heteroatoms. The van der Waals surface area contributed by atoms with Gasteiger partial charge in [-0.15, -0.1) is 0 Å². The normalized spacial score (nSPS) is 21.0. The molecule has 0 radical (unpaired) electrons. The van der Waals surface area contributed by atoms with Crippen molar-refractivity contribution in [3.63, 3.8) is 0 Å². The van der Waals surface area contributed by atoms with Crippen LogP contribution in [-0.4, -0.2) is 72.0 Å². The molecular weight excluding hydrogens is 564 g/mol. The van der Waals surface area contributed by atoms with Gasteiger partial charge in [0.1, 0.15) is 17.1 Å². The van der Waals surface area contributed by atoms with Crippen LogP contribution in [-0.2, 0) is 15.1 Å². The Hall–Kier alpha value is -3.63. The molecule has 2 aliphatic carbocycles. The molecule has 242 valence electrons. The average Bonchev–Trinajstić information content (AvgIpc) is 2.98. The number of benzene rings is 2. The van der Waals surface area contributed by atoms with E-state index in [1.54, 1.807) is 25.1 Å². The van der Waals surface area contributed by atoms with Crippen molar-refractivity contribution in [1.29, 1.82) is 0 Å². The predicted octanol–water partition coefficient (Wildman–Crippen LogP) is 5.71. The zero-order valence-corrected chi connectivity index (χ0v) is 26.2. The van der Waals surface area contributed by atoms with Crippen molar-refractivity contribution in [2.24, 2.45) is 11.3 Å². The van der Waals surface area contributed by atoms with Crippen LogP contribution in [0, 0.1) is 11.3 Å². The van der Waals surface area contributed by atoms with Gasteiger partial charge in [-0.25, -0.2) is 9.59 Å². The Morgan fingerprint density at radius 1 is 0.977 bits per heavy atom. The Balaban J connectivity index is 0.000000448. The molecule has 2 fully saturated rings. The topological polar surface area (TPSA) is 146 Å². The van der Waals surface area contributed by atoms with E-state index in [1.807, 2.05) is 32.3 Å². The molecule has 2 aromatic rings. The molecule has 4 N–H and O–H groups in total. The molecule has 0 heterocycles. The zero-order chi connectivity index (χ0) is 32.2. The lowest BCUT2D eigenvalue weighted by Crippen LogP contribution is -2.43. The highest BCUT2D eigenvalue weighted by atomic mass is 16.5. The second kappa shape index (κ2) is 16.4. The van der Waals surface area contributed by atoms with E-state index in [9.17, 15) is 19.5 Å². The van der Waals surface area contributed by atoms with Crippen LogP contribution in [0.5, 0.6) is 11.5 Å². The van der Waals surface area contributed by atoms with Crippen LogP contribution in [0.4, 0.5) is 4.79 Å². The summed E-state index contributed by atoms with van der Waals surface area (Å²) in [6, 6.07) is 13.2. The summed E-state index contributed by atoms with van der Waals surface area (Å²) in [5.74, 6) is -1.01. The highest BCUT2D eigenvalue weighted by Gasteiger charge is 2.41. The van der Waals surface area contributed by atoms with E-state index >= 15 is 0 Å². The smallest absolute Gasteiger partial charge is 0.407 e. The van der Waals surface area contributed by atoms with Crippen LogP contribution in [0.3, 0.4) is 0 Å². The molecule has 10 nitrogen and oxygen atoms in total. The summed E-state index contributed by atoms with van der Waals surface area (Å²) >= 11 is 0. The van der Waals surface area contributed by atoms with Crippen LogP contribution in [0.2, 0.25) is 0 Å². The fourth-order valence-corrected chi connectivity index (χ4v) is 6.41. The standard InChI is InChI=1S/C27H42N2O5.C7H6O3/c1-4-33-25(31)28-20-26(14-7-5-8-15-26)18-24(30)34-23-13-10-12-21(17-23)27(32)16-9-6-11-22(27)19-29(2)3;8-6-4-2-1-3-5(6)7(9)10/h10,12-13,17,22,32H,4-9,11,14-16,18-20H2,1-3H3,(H,28,31);1-4,8H,(H,9,10)/t22-,27+;/m1./s1. The summed E-state index contributed by atoms with van der Waals surface area (Å²) in [7, 11) is 4.07. The molecule has 0 unspecified atom stereocenters. The van der Waals surface area contributed by atoms with E-state index in [-0.39, 0.29) is 35.0 Å². The van der Waals surface area contributed by atoms with Crippen molar-refractivity contribution < 1.29 is 39.2 Å². The van der Waals surface area contributed by atoms with Gasteiger partial charge in [-0.05, 0) is 81.9 Å². The third-order valence-electron chi connectivity index (χ3n) is 8.64. The van der Waals surface area contributed by atoms with Crippen molar-refractivity contribution >= 4 is 18.0 Å². The van der Waals surface area contributed by atoms with E-state index in [4.69, 9.17) is 19.7 Å². The number of aromatic hydroxyl groups is 1. The number of nitrogens with one attached hydrogen (secondary N) is 1. The number of ether oxygens (including phenoxy) is 2. The third kappa shape index (κ3) is 9.95. The second-order valence-electron chi connectivity index (χ2n) is 12.3. The number of para-hydroxylation sites is 1. The monoisotopic (exact) mass is 612 g/mol. The van der Waals surface area contributed by atoms with Gasteiger partial charge >= 0.3 is 18.0 Å². The quantitative estimate of drug-likeness (QED) is 0.196. The van der Waals surface area contributed by atoms with Crippen molar-refractivity contribution in [2.75, 3.05) is 33.8 Å². The first-order valence-corrected chi connectivity index (χ1v) is 15.6. The molecule has 2 aliphatic rings. The fraction of sp³-hybridized carbons (Fsp3) is 0.559. The molecule has 44 heavy (non-hydrogen) atoms. The maximum absolute atomic E-state index is 13.0. The number of alkyl carbamates (subject to hydrolysis) is 1. The molecule has 0 aromatic heterocycles. The van der Waals surface area contributed by atoms with Crippen molar-refractivity contribution in [3.05, 3.63) is 59.7 Å². The highest BCUT2D eigenvalue weighted by molar-refractivity contribution is 5.90. The number of carboxylic acids is 1. The second-order valence-corrected chi connectivity index (χ2v) is 12.3. The van der Waals surface area contributed by atoms with Gasteiger partial charge in [-0.2, -0.15) is 0 Å². The summed E-state index contributed by atoms with van der Waals surface area (Å²) in [5.41, 5.74) is -0.472. The molecule has 2 aromatic carbocycles. The number of amides is 1. The summed E-state index contributed by atoms with van der Waals surface area (Å²) in [5, 5.41) is 31.8. The molecule has 0 aliphatic heterocycles. The number of carbonyl (C=O) groups is 3. The number of carboxylic acid groups (broad SMARTS) is 1. The first kappa shape index (κ1) is 34.9. The molecule has 2 saturated carbocycles. The number of carbonyl (C=O) groups excluding carboxylic acids is 2. The fourth-order valence-electron chi connectivity index (χ4n) is 6.41. The van der Waals surface area contributed by atoms with Crippen molar-refractivity contribution in [1.82, 2.24) is 10.2 Å². The van der Waals surface area contributed by atoms with Crippen molar-refractivity contribution in [3.8, 4) is 11.5 Å². The number of rotatable bonds is 10. The summed E-state index contributed by atoms with van der Waals surface area (Å²) < 4.78 is 10.8. The molecular formula is C34H48N2O8. The molecule has 4 rings (SSSR count). The Morgan fingerprint density at radius 2 is 1.68 bits per heavy atom. The maximum Gasteiger partial charge on any atom is 0.407 e. The van der Waals surface area contributed by atoms with E-state index in [2.05, 4.69) is 10.2 Å². The lowest BCUT2D eigenvalue weighted by atomic mass is 9.71. The van der Waals surface area contributed by atoms with Gasteiger partial charge in [0, 0.05) is 19.0 Å². The van der Waals surface area contributed by atoms with Gasteiger partial charge in [-0.1, -0.05) is 56.4 Å². The molecule has 2 atom stereocenters. The highest BCUT2D eigenvalue weighted by Crippen LogP contribution is 2.43. The SMILES string of the molecule is CCOC(=O)NCC1(CC(=O)Oc2cccc([C@@]3(O)CCCC[C@@H]3CN(C)C)c2)CCCCC1.O=C(O)c1ccccc1O. The maximum atomic E-state index is 13.0. The average molecular weight is 613 g/mol. The van der Waals surface area contributed by atoms with E-state index in [1.165, 1.54) is 12.1 Å². The number of esters is 1. The largest absolute Gasteiger partial charge is 0.507 e. The van der Waals surface area contributed by atoms with Crippen molar-refractivity contribution in [2.45, 2.75) is 76.7 Å². The van der Waals surface area contributed by atoms with Crippen LogP contribution in [0.15, 0.2) is 48.5 Å². The summed E-state index contributed by atoms with van der Waals surface area (Å²) in [6.45, 7) is 3.32. The molecule has 0 bridgehead atoms. The van der Waals surface area contributed by atoms with Gasteiger partial charge in [0.05, 0.1) is 18.6 Å². The summed E-state index contributed by atoms with van der Waals surface area (Å²) in [4.78, 5) is 37.2. The molecule has 0 saturated heterocycles. The van der Waals surface area contributed by atoms with Crippen LogP contribution < -0.4 is 10.1 Å². The first-order valence-electron chi connectivity index (χ1n) is 15.6. The number of hydrogen-bond acceptors (Lipinski definition) is 8. The number of aromatic carboxylic acids is 1. The van der Waals surface area contributed by atoms with Gasteiger partial charge in [0.2, 0.25) is 0 Å². The number of nitrogens with zero attached hydrogens (tertiary/aromatic N) is 1. The molecule has 0 spiro atoms. The first-order chi connectivity index (χ1) is 21.0. The minimum absolute atomic E-state index is 0.0671. The lowest BCUT2D eigenvalue weighted by molar-refractivity contribution is -0.137. The number of aliphatic hydroxyl groups is 1. The minimum Gasteiger partial charge on any atom is -0.507 e. The van der Waals surface area contributed by atoms with Gasteiger partial charge < -0.3 is 35.0 Å². The Labute approximate surface area is 260 Å². The van der Waals surface area contributed by atoms with E-state index < -0.39 is 17.7 Å². The Kier molecular flexibility index (Phi) is 13.0. The number of hydrogen-bond donors (Lipinski definition) is 4. The van der Waals surface area contributed by atoms with Gasteiger partial charge in [0.15, 0.2) is 0 Å².